The van der Waals surface area contributed by atoms with E-state index in [1.165, 1.54) is 32.1 Å². The van der Waals surface area contributed by atoms with Gasteiger partial charge in [-0.15, -0.1) is 0 Å². The van der Waals surface area contributed by atoms with Crippen LogP contribution in [0.5, 0.6) is 11.5 Å². The first-order valence-corrected chi connectivity index (χ1v) is 17.8. The number of hydrogen-bond acceptors (Lipinski definition) is 4. The molecule has 0 aromatic heterocycles. The van der Waals surface area contributed by atoms with Crippen molar-refractivity contribution in [3.63, 3.8) is 0 Å². The van der Waals surface area contributed by atoms with Gasteiger partial charge in [0.25, 0.3) is 0 Å². The molecular formula is C38H32O4P2. The summed E-state index contributed by atoms with van der Waals surface area (Å²) in [7, 11) is -1.67. The summed E-state index contributed by atoms with van der Waals surface area (Å²) in [4.78, 5) is 0. The van der Waals surface area contributed by atoms with Crippen molar-refractivity contribution in [3.05, 3.63) is 151 Å². The van der Waals surface area contributed by atoms with Crippen molar-refractivity contribution < 1.29 is 18.9 Å². The average Bonchev–Trinajstić information content (AvgIpc) is 3.77. The molecule has 2 heterocycles. The summed E-state index contributed by atoms with van der Waals surface area (Å²) in [6, 6.07) is 48.2. The molecule has 0 radical (unpaired) electrons. The molecule has 4 nitrogen and oxygen atoms in total. The molecule has 0 saturated heterocycles. The van der Waals surface area contributed by atoms with Gasteiger partial charge in [0, 0.05) is 17.6 Å². The molecule has 2 atom stereocenters. The first-order valence-electron chi connectivity index (χ1n) is 15.1. The summed E-state index contributed by atoms with van der Waals surface area (Å²) in [6.07, 6.45) is 1.85. The zero-order valence-corrected chi connectivity index (χ0v) is 26.0. The molecule has 3 aliphatic rings. The van der Waals surface area contributed by atoms with Crippen LogP contribution in [0.2, 0.25) is 0 Å². The van der Waals surface area contributed by atoms with Crippen molar-refractivity contribution in [2.24, 2.45) is 0 Å². The fourth-order valence-corrected chi connectivity index (χ4v) is 12.3. The summed E-state index contributed by atoms with van der Waals surface area (Å²) in [6.45, 7) is 0.476. The van der Waals surface area contributed by atoms with Crippen molar-refractivity contribution in [3.8, 4) is 11.5 Å². The van der Waals surface area contributed by atoms with Gasteiger partial charge in [-0.25, -0.2) is 0 Å². The molecule has 5 aromatic carbocycles. The van der Waals surface area contributed by atoms with E-state index >= 15 is 0 Å². The number of fused-ring (bicyclic) bond motifs is 1. The molecule has 8 rings (SSSR count). The summed E-state index contributed by atoms with van der Waals surface area (Å²) in [5.41, 5.74) is 1.44. The van der Waals surface area contributed by atoms with Crippen LogP contribution < -0.4 is 36.0 Å². The quantitative estimate of drug-likeness (QED) is 0.190. The van der Waals surface area contributed by atoms with Crippen molar-refractivity contribution in [2.45, 2.75) is 24.4 Å². The minimum atomic E-state index is -0.910. The van der Waals surface area contributed by atoms with Gasteiger partial charge >= 0.3 is 0 Å². The first-order chi connectivity index (χ1) is 21.9. The number of ether oxygens (including phenoxy) is 4. The summed E-state index contributed by atoms with van der Waals surface area (Å²) < 4.78 is 25.1. The van der Waals surface area contributed by atoms with E-state index in [4.69, 9.17) is 18.9 Å². The van der Waals surface area contributed by atoms with E-state index in [-0.39, 0.29) is 25.2 Å². The van der Waals surface area contributed by atoms with Crippen LogP contribution in [0.4, 0.5) is 0 Å². The third kappa shape index (κ3) is 4.97. The largest absolute Gasteiger partial charge is 0.458 e. The Morgan fingerprint density at radius 1 is 0.523 bits per heavy atom. The zero-order valence-electron chi connectivity index (χ0n) is 24.2. The second-order valence-corrected chi connectivity index (χ2v) is 15.7. The number of benzene rings is 5. The lowest BCUT2D eigenvalue weighted by Gasteiger charge is -2.39. The van der Waals surface area contributed by atoms with E-state index in [1.807, 2.05) is 0 Å². The Hall–Kier alpha value is -4.10. The molecule has 0 N–H and O–H groups in total. The summed E-state index contributed by atoms with van der Waals surface area (Å²) in [5, 5.41) is 6.61. The van der Waals surface area contributed by atoms with Crippen molar-refractivity contribution in [2.75, 3.05) is 13.6 Å². The third-order valence-corrected chi connectivity index (χ3v) is 14.0. The SMILES string of the molecule is c1ccc(P(c2ccccc2)c2ccc3c(c2[C@H]2C4=C(CCC2P(c2ccccc2)c2ccccc2)OCO4)OCO3)cc1. The van der Waals surface area contributed by atoms with Gasteiger partial charge < -0.3 is 18.9 Å². The fourth-order valence-electron chi connectivity index (χ4n) is 6.77. The Balaban J connectivity index is 1.39. The van der Waals surface area contributed by atoms with E-state index in [0.29, 0.717) is 0 Å². The predicted molar refractivity (Wildman–Crippen MR) is 180 cm³/mol. The third-order valence-electron chi connectivity index (χ3n) is 8.59. The van der Waals surface area contributed by atoms with Gasteiger partial charge in [0.05, 0.1) is 5.92 Å². The van der Waals surface area contributed by atoms with Crippen LogP contribution in [-0.2, 0) is 9.47 Å². The van der Waals surface area contributed by atoms with Crippen molar-refractivity contribution in [1.82, 2.24) is 0 Å². The van der Waals surface area contributed by atoms with E-state index in [0.717, 1.165) is 35.9 Å². The van der Waals surface area contributed by atoms with Gasteiger partial charge in [0.1, 0.15) is 11.5 Å². The van der Waals surface area contributed by atoms with Gasteiger partial charge in [0.2, 0.25) is 13.6 Å². The Labute approximate surface area is 260 Å². The van der Waals surface area contributed by atoms with Gasteiger partial charge in [-0.1, -0.05) is 121 Å². The van der Waals surface area contributed by atoms with E-state index in [1.54, 1.807) is 0 Å². The van der Waals surface area contributed by atoms with Crippen molar-refractivity contribution in [1.29, 1.82) is 0 Å². The Morgan fingerprint density at radius 2 is 1.07 bits per heavy atom. The van der Waals surface area contributed by atoms with Crippen LogP contribution in [0, 0.1) is 0 Å². The number of hydrogen-bond donors (Lipinski definition) is 0. The van der Waals surface area contributed by atoms with Crippen LogP contribution in [0.25, 0.3) is 0 Å². The van der Waals surface area contributed by atoms with Crippen LogP contribution in [0.3, 0.4) is 0 Å². The lowest BCUT2D eigenvalue weighted by molar-refractivity contribution is 0.0675. The highest BCUT2D eigenvalue weighted by molar-refractivity contribution is 7.80. The highest BCUT2D eigenvalue weighted by Crippen LogP contribution is 2.58. The van der Waals surface area contributed by atoms with Crippen LogP contribution in [0.1, 0.15) is 24.3 Å². The molecule has 0 saturated carbocycles. The van der Waals surface area contributed by atoms with Gasteiger partial charge in [0.15, 0.2) is 11.5 Å². The van der Waals surface area contributed by atoms with Crippen LogP contribution in [-0.4, -0.2) is 19.2 Å². The Bertz CT molecular complexity index is 1700. The van der Waals surface area contributed by atoms with Crippen LogP contribution >= 0.6 is 15.8 Å². The molecule has 218 valence electrons. The van der Waals surface area contributed by atoms with E-state index in [2.05, 4.69) is 133 Å². The smallest absolute Gasteiger partial charge is 0.231 e. The molecule has 6 heteroatoms. The molecule has 0 bridgehead atoms. The minimum Gasteiger partial charge on any atom is -0.458 e. The monoisotopic (exact) mass is 614 g/mol. The molecule has 44 heavy (non-hydrogen) atoms. The average molecular weight is 615 g/mol. The highest BCUT2D eigenvalue weighted by atomic mass is 31.1. The predicted octanol–water partition coefficient (Wildman–Crippen LogP) is 6.77. The highest BCUT2D eigenvalue weighted by Gasteiger charge is 2.46. The molecule has 1 unspecified atom stereocenters. The molecular weight excluding hydrogens is 582 g/mol. The van der Waals surface area contributed by atoms with Gasteiger partial charge in [-0.2, -0.15) is 0 Å². The van der Waals surface area contributed by atoms with Gasteiger partial charge in [-0.3, -0.25) is 0 Å². The maximum Gasteiger partial charge on any atom is 0.231 e. The second kappa shape index (κ2) is 12.1. The van der Waals surface area contributed by atoms with Crippen molar-refractivity contribution >= 4 is 42.4 Å². The molecule has 0 spiro atoms. The minimum absolute atomic E-state index is 0.0585. The Kier molecular flexibility index (Phi) is 7.56. The number of allylic oxidation sites excluding steroid dienone is 2. The van der Waals surface area contributed by atoms with Gasteiger partial charge in [-0.05, 0) is 60.9 Å². The van der Waals surface area contributed by atoms with E-state index < -0.39 is 15.8 Å². The Morgan fingerprint density at radius 3 is 1.66 bits per heavy atom. The van der Waals surface area contributed by atoms with E-state index in [9.17, 15) is 0 Å². The first kappa shape index (κ1) is 27.4. The molecule has 0 amide bonds. The second-order valence-electron chi connectivity index (χ2n) is 11.1. The molecule has 1 aliphatic carbocycles. The summed E-state index contributed by atoms with van der Waals surface area (Å²) in [5.74, 6) is 3.53. The lowest BCUT2D eigenvalue weighted by Crippen LogP contribution is -2.34. The topological polar surface area (TPSA) is 36.9 Å². The molecule has 2 aliphatic heterocycles. The van der Waals surface area contributed by atoms with Crippen LogP contribution in [0.15, 0.2) is 145 Å². The zero-order chi connectivity index (χ0) is 29.3. The lowest BCUT2D eigenvalue weighted by atomic mass is 9.85. The standard InChI is InChI=1S/C38H32O4P2/c1-5-13-27(14-6-1)43(28-15-7-2-8-16-28)33-23-21-31-37(41-25-39-31)35(33)36-34(24-22-32-38(36)42-26-40-32)44(29-17-9-3-10-18-29)30-19-11-4-12-20-30/h1-21,23,34,36H,22,24-26H2/t34?,36-/m0/s1. The maximum absolute atomic E-state index is 6.46. The molecule has 0 fully saturated rings. The fraction of sp³-hybridized carbons (Fsp3) is 0.158. The normalized spacial score (nSPS) is 18.7. The number of rotatable bonds is 7. The molecule has 5 aromatic rings. The maximum atomic E-state index is 6.46. The summed E-state index contributed by atoms with van der Waals surface area (Å²) >= 11 is 0.